The van der Waals surface area contributed by atoms with E-state index in [4.69, 9.17) is 0 Å². The Balaban J connectivity index is 1.69. The Morgan fingerprint density at radius 1 is 0.931 bits per heavy atom. The zero-order valence-electron chi connectivity index (χ0n) is 16.1. The van der Waals surface area contributed by atoms with Gasteiger partial charge in [-0.3, -0.25) is 4.98 Å². The number of aliphatic hydroxyl groups excluding tert-OH is 1. The maximum Gasteiger partial charge on any atom is 0.200 e. The molecule has 29 heavy (non-hydrogen) atoms. The second-order valence-corrected chi connectivity index (χ2v) is 6.99. The highest BCUT2D eigenvalue weighted by atomic mass is 19.2. The molecule has 0 saturated heterocycles. The number of rotatable bonds is 7. The maximum absolute atomic E-state index is 14.0. The van der Waals surface area contributed by atoms with Gasteiger partial charge in [-0.1, -0.05) is 36.4 Å². The van der Waals surface area contributed by atoms with Crippen molar-refractivity contribution in [3.05, 3.63) is 78.1 Å². The lowest BCUT2D eigenvalue weighted by atomic mass is 10.0. The van der Waals surface area contributed by atoms with E-state index in [-0.39, 0.29) is 11.7 Å². The van der Waals surface area contributed by atoms with Gasteiger partial charge in [0.2, 0.25) is 5.82 Å². The fraction of sp³-hybridized carbons (Fsp3) is 0.208. The summed E-state index contributed by atoms with van der Waals surface area (Å²) in [5.41, 5.74) is 3.30. The van der Waals surface area contributed by atoms with Gasteiger partial charge in [0.25, 0.3) is 0 Å². The number of unbranched alkanes of at least 4 members (excludes halogenated alkanes) is 1. The molecular formula is C24H23F2NO2. The first-order valence-corrected chi connectivity index (χ1v) is 9.54. The number of allylic oxidation sites excluding steroid dienone is 1. The summed E-state index contributed by atoms with van der Waals surface area (Å²) in [6, 6.07) is 13.4. The van der Waals surface area contributed by atoms with Crippen LogP contribution < -0.4 is 0 Å². The molecule has 0 spiro atoms. The van der Waals surface area contributed by atoms with Gasteiger partial charge in [0.05, 0.1) is 11.8 Å². The van der Waals surface area contributed by atoms with Crippen molar-refractivity contribution in [3.8, 4) is 28.0 Å². The minimum absolute atomic E-state index is 0.0982. The molecule has 0 radical (unpaired) electrons. The maximum atomic E-state index is 14.0. The molecule has 0 bridgehead atoms. The molecule has 3 rings (SSSR count). The molecular weight excluding hydrogens is 372 g/mol. The average Bonchev–Trinajstić information content (AvgIpc) is 2.72. The largest absolute Gasteiger partial charge is 0.505 e. The van der Waals surface area contributed by atoms with Gasteiger partial charge in [-0.25, -0.2) is 4.39 Å². The van der Waals surface area contributed by atoms with Crippen LogP contribution in [0.3, 0.4) is 0 Å². The predicted molar refractivity (Wildman–Crippen MR) is 111 cm³/mol. The van der Waals surface area contributed by atoms with Crippen LogP contribution in [0.4, 0.5) is 8.78 Å². The standard InChI is InChI=1S/C24H23F2NO2/c1-16(28)5-3-2-4-6-20-12-11-19(15-27-20)17-7-9-18(10-8-17)21-13-14-22(29)24(26)23(21)25/h4,6-16,28-29H,2-3,5H2,1H3/b6-4+. The number of benzene rings is 2. The number of hydrogen-bond acceptors (Lipinski definition) is 3. The summed E-state index contributed by atoms with van der Waals surface area (Å²) >= 11 is 0. The van der Waals surface area contributed by atoms with E-state index in [1.807, 2.05) is 36.4 Å². The lowest BCUT2D eigenvalue weighted by Crippen LogP contribution is -1.97. The highest BCUT2D eigenvalue weighted by Gasteiger charge is 2.14. The third kappa shape index (κ3) is 5.27. The third-order valence-electron chi connectivity index (χ3n) is 4.66. The Hall–Kier alpha value is -3.05. The topological polar surface area (TPSA) is 53.4 Å². The number of nitrogens with zero attached hydrogens (tertiary/aromatic N) is 1. The fourth-order valence-electron chi connectivity index (χ4n) is 3.01. The van der Waals surface area contributed by atoms with E-state index < -0.39 is 17.4 Å². The van der Waals surface area contributed by atoms with Crippen LogP contribution >= 0.6 is 0 Å². The molecule has 0 aliphatic rings. The van der Waals surface area contributed by atoms with Gasteiger partial charge in [0, 0.05) is 17.3 Å². The molecule has 5 heteroatoms. The van der Waals surface area contributed by atoms with Crippen LogP contribution in [0.15, 0.2) is 60.8 Å². The summed E-state index contributed by atoms with van der Waals surface area (Å²) in [6.45, 7) is 1.79. The Labute approximate surface area is 169 Å². The second-order valence-electron chi connectivity index (χ2n) is 6.99. The Morgan fingerprint density at radius 2 is 1.62 bits per heavy atom. The molecule has 2 aromatic carbocycles. The molecule has 0 fully saturated rings. The number of phenolic OH excluding ortho intramolecular Hbond substituents is 1. The molecule has 150 valence electrons. The van der Waals surface area contributed by atoms with Gasteiger partial charge in [0.1, 0.15) is 0 Å². The first-order valence-electron chi connectivity index (χ1n) is 9.54. The van der Waals surface area contributed by atoms with Crippen LogP contribution in [0, 0.1) is 11.6 Å². The number of phenols is 1. The highest BCUT2D eigenvalue weighted by molar-refractivity contribution is 5.71. The summed E-state index contributed by atoms with van der Waals surface area (Å²) in [4.78, 5) is 4.43. The van der Waals surface area contributed by atoms with E-state index in [2.05, 4.69) is 4.98 Å². The Bertz CT molecular complexity index is 981. The normalized spacial score (nSPS) is 12.4. The van der Waals surface area contributed by atoms with E-state index in [1.165, 1.54) is 6.07 Å². The SMILES string of the molecule is CC(O)CCC/C=C/c1ccc(-c2ccc(-c3ccc(O)c(F)c3F)cc2)cn1. The number of aromatic nitrogens is 1. The van der Waals surface area contributed by atoms with Crippen LogP contribution in [-0.4, -0.2) is 21.3 Å². The number of hydrogen-bond donors (Lipinski definition) is 2. The molecule has 0 aliphatic heterocycles. The summed E-state index contributed by atoms with van der Waals surface area (Å²) < 4.78 is 27.6. The van der Waals surface area contributed by atoms with Gasteiger partial charge < -0.3 is 10.2 Å². The van der Waals surface area contributed by atoms with E-state index in [0.717, 1.165) is 42.1 Å². The van der Waals surface area contributed by atoms with Crippen LogP contribution in [0.1, 0.15) is 31.9 Å². The van der Waals surface area contributed by atoms with Gasteiger partial charge in [-0.2, -0.15) is 4.39 Å². The quantitative estimate of drug-likeness (QED) is 0.485. The van der Waals surface area contributed by atoms with Gasteiger partial charge in [-0.05, 0) is 61.6 Å². The van der Waals surface area contributed by atoms with Crippen LogP contribution in [-0.2, 0) is 0 Å². The van der Waals surface area contributed by atoms with Gasteiger partial charge in [-0.15, -0.1) is 0 Å². The van der Waals surface area contributed by atoms with Crippen molar-refractivity contribution in [2.24, 2.45) is 0 Å². The lowest BCUT2D eigenvalue weighted by Gasteiger charge is -2.07. The summed E-state index contributed by atoms with van der Waals surface area (Å²) in [6.07, 6.45) is 8.12. The van der Waals surface area contributed by atoms with Crippen molar-refractivity contribution >= 4 is 6.08 Å². The molecule has 1 atom stereocenters. The number of aliphatic hydroxyl groups is 1. The van der Waals surface area contributed by atoms with E-state index in [1.54, 1.807) is 25.3 Å². The molecule has 0 amide bonds. The molecule has 3 nitrogen and oxygen atoms in total. The number of pyridine rings is 1. The van der Waals surface area contributed by atoms with Crippen molar-refractivity contribution in [3.63, 3.8) is 0 Å². The first kappa shape index (κ1) is 20.7. The van der Waals surface area contributed by atoms with Crippen LogP contribution in [0.25, 0.3) is 28.3 Å². The predicted octanol–water partition coefficient (Wildman–Crippen LogP) is 5.96. The number of halogens is 2. The molecule has 1 unspecified atom stereocenters. The van der Waals surface area contributed by atoms with E-state index in [0.29, 0.717) is 5.56 Å². The summed E-state index contributed by atoms with van der Waals surface area (Å²) in [7, 11) is 0. The molecule has 2 N–H and O–H groups in total. The Morgan fingerprint density at radius 3 is 2.28 bits per heavy atom. The lowest BCUT2D eigenvalue weighted by molar-refractivity contribution is 0.182. The summed E-state index contributed by atoms with van der Waals surface area (Å²) in [5.74, 6) is -3.01. The van der Waals surface area contributed by atoms with E-state index >= 15 is 0 Å². The number of aromatic hydroxyl groups is 1. The molecule has 0 saturated carbocycles. The molecule has 1 aromatic heterocycles. The zero-order valence-corrected chi connectivity index (χ0v) is 16.1. The van der Waals surface area contributed by atoms with Crippen molar-refractivity contribution in [2.45, 2.75) is 32.3 Å². The minimum atomic E-state index is -1.25. The van der Waals surface area contributed by atoms with Crippen molar-refractivity contribution in [1.82, 2.24) is 4.98 Å². The monoisotopic (exact) mass is 395 g/mol. The zero-order chi connectivity index (χ0) is 20.8. The average molecular weight is 395 g/mol. The molecule has 3 aromatic rings. The smallest absolute Gasteiger partial charge is 0.200 e. The van der Waals surface area contributed by atoms with Gasteiger partial charge in [0.15, 0.2) is 11.6 Å². The highest BCUT2D eigenvalue weighted by Crippen LogP contribution is 2.30. The van der Waals surface area contributed by atoms with Crippen LogP contribution in [0.2, 0.25) is 0 Å². The van der Waals surface area contributed by atoms with Crippen molar-refractivity contribution in [1.29, 1.82) is 0 Å². The van der Waals surface area contributed by atoms with Crippen molar-refractivity contribution in [2.75, 3.05) is 0 Å². The second kappa shape index (κ2) is 9.43. The van der Waals surface area contributed by atoms with Crippen molar-refractivity contribution < 1.29 is 19.0 Å². The Kier molecular flexibility index (Phi) is 6.73. The third-order valence-corrected chi connectivity index (χ3v) is 4.66. The fourth-order valence-corrected chi connectivity index (χ4v) is 3.01. The molecule has 1 heterocycles. The first-order chi connectivity index (χ1) is 14.0. The minimum Gasteiger partial charge on any atom is -0.505 e. The van der Waals surface area contributed by atoms with E-state index in [9.17, 15) is 19.0 Å². The van der Waals surface area contributed by atoms with Crippen LogP contribution in [0.5, 0.6) is 5.75 Å². The molecule has 0 aliphatic carbocycles. The summed E-state index contributed by atoms with van der Waals surface area (Å²) in [5, 5.41) is 18.5. The van der Waals surface area contributed by atoms with Gasteiger partial charge >= 0.3 is 0 Å².